The van der Waals surface area contributed by atoms with Crippen molar-refractivity contribution in [2.24, 2.45) is 0 Å². The molecule has 3 rings (SSSR count). The van der Waals surface area contributed by atoms with Gasteiger partial charge in [-0.1, -0.05) is 12.1 Å². The number of hydrogen-bond donors (Lipinski definition) is 0. The van der Waals surface area contributed by atoms with Gasteiger partial charge in [-0.15, -0.1) is 0 Å². The van der Waals surface area contributed by atoms with E-state index < -0.39 is 0 Å². The molecule has 1 amide bonds. The molecule has 0 aromatic heterocycles. The second-order valence-electron chi connectivity index (χ2n) is 6.23. The number of nitrogens with zero attached hydrogens (tertiary/aromatic N) is 3. The molecule has 0 spiro atoms. The lowest BCUT2D eigenvalue weighted by Crippen LogP contribution is -2.48. The highest BCUT2D eigenvalue weighted by Gasteiger charge is 2.22. The number of rotatable bonds is 4. The average molecular weight is 414 g/mol. The van der Waals surface area contributed by atoms with Crippen molar-refractivity contribution in [3.05, 3.63) is 63.6 Å². The van der Waals surface area contributed by atoms with E-state index >= 15 is 0 Å². The number of methoxy groups -OCH3 is 1. The van der Waals surface area contributed by atoms with Crippen LogP contribution in [0.25, 0.3) is 0 Å². The van der Waals surface area contributed by atoms with Crippen LogP contribution in [0.5, 0.6) is 5.75 Å². The number of benzene rings is 2. The summed E-state index contributed by atoms with van der Waals surface area (Å²) in [5, 5.41) is 8.86. The maximum atomic E-state index is 12.7. The van der Waals surface area contributed by atoms with Crippen molar-refractivity contribution >= 4 is 21.8 Å². The summed E-state index contributed by atoms with van der Waals surface area (Å²) < 4.78 is 6.00. The van der Waals surface area contributed by atoms with Gasteiger partial charge in [0.15, 0.2) is 0 Å². The van der Waals surface area contributed by atoms with Crippen LogP contribution >= 0.6 is 15.9 Å². The summed E-state index contributed by atoms with van der Waals surface area (Å²) in [6, 6.07) is 15.2. The van der Waals surface area contributed by atoms with Gasteiger partial charge in [-0.3, -0.25) is 9.69 Å². The molecule has 1 aliphatic heterocycles. The van der Waals surface area contributed by atoms with E-state index in [1.165, 1.54) is 5.56 Å². The van der Waals surface area contributed by atoms with Crippen LogP contribution in [-0.2, 0) is 6.54 Å². The highest BCUT2D eigenvalue weighted by Crippen LogP contribution is 2.26. The van der Waals surface area contributed by atoms with Gasteiger partial charge in [0, 0.05) is 38.3 Å². The second kappa shape index (κ2) is 8.35. The molecule has 0 atom stereocenters. The summed E-state index contributed by atoms with van der Waals surface area (Å²) in [7, 11) is 1.61. The van der Waals surface area contributed by atoms with Gasteiger partial charge in [0.1, 0.15) is 5.75 Å². The average Bonchev–Trinajstić information content (AvgIpc) is 2.68. The van der Waals surface area contributed by atoms with Crippen molar-refractivity contribution < 1.29 is 9.53 Å². The Labute approximate surface area is 161 Å². The fourth-order valence-corrected chi connectivity index (χ4v) is 3.57. The Bertz CT molecular complexity index is 822. The number of nitriles is 1. The van der Waals surface area contributed by atoms with Crippen LogP contribution in [0.4, 0.5) is 0 Å². The molecule has 134 valence electrons. The van der Waals surface area contributed by atoms with E-state index in [4.69, 9.17) is 10.00 Å². The smallest absolute Gasteiger partial charge is 0.253 e. The Hall–Kier alpha value is -2.36. The summed E-state index contributed by atoms with van der Waals surface area (Å²) in [6.07, 6.45) is 0. The molecule has 6 heteroatoms. The van der Waals surface area contributed by atoms with E-state index in [0.717, 1.165) is 24.1 Å². The number of halogens is 1. The lowest BCUT2D eigenvalue weighted by Gasteiger charge is -2.34. The highest BCUT2D eigenvalue weighted by atomic mass is 79.9. The number of ether oxygens (including phenoxy) is 1. The van der Waals surface area contributed by atoms with E-state index in [2.05, 4.69) is 26.9 Å². The van der Waals surface area contributed by atoms with Gasteiger partial charge in [0.2, 0.25) is 0 Å². The standard InChI is InChI=1S/C20H20BrN3O2/c1-26-19-7-6-17(12-18(19)21)20(25)24-10-8-23(9-11-24)14-16-4-2-15(13-22)3-5-16/h2-7,12H,8-11,14H2,1H3. The molecule has 2 aromatic carbocycles. The quantitative estimate of drug-likeness (QED) is 0.771. The van der Waals surface area contributed by atoms with E-state index in [-0.39, 0.29) is 5.91 Å². The topological polar surface area (TPSA) is 56.6 Å². The first kappa shape index (κ1) is 18.4. The zero-order valence-electron chi connectivity index (χ0n) is 14.6. The fraction of sp³-hybridized carbons (Fsp3) is 0.300. The van der Waals surface area contributed by atoms with Gasteiger partial charge >= 0.3 is 0 Å². The molecule has 0 radical (unpaired) electrons. The lowest BCUT2D eigenvalue weighted by molar-refractivity contribution is 0.0628. The molecular weight excluding hydrogens is 394 g/mol. The monoisotopic (exact) mass is 413 g/mol. The maximum absolute atomic E-state index is 12.7. The number of amides is 1. The van der Waals surface area contributed by atoms with Gasteiger partial charge < -0.3 is 9.64 Å². The Morgan fingerprint density at radius 2 is 1.85 bits per heavy atom. The minimum absolute atomic E-state index is 0.0476. The zero-order chi connectivity index (χ0) is 18.5. The van der Waals surface area contributed by atoms with Crippen molar-refractivity contribution in [1.29, 1.82) is 5.26 Å². The second-order valence-corrected chi connectivity index (χ2v) is 7.08. The first-order valence-electron chi connectivity index (χ1n) is 8.45. The van der Waals surface area contributed by atoms with Crippen LogP contribution in [0.1, 0.15) is 21.5 Å². The van der Waals surface area contributed by atoms with E-state index in [1.54, 1.807) is 19.2 Å². The molecule has 0 aliphatic carbocycles. The van der Waals surface area contributed by atoms with Gasteiger partial charge in [0.05, 0.1) is 23.2 Å². The van der Waals surface area contributed by atoms with Crippen molar-refractivity contribution in [3.63, 3.8) is 0 Å². The predicted octanol–water partition coefficient (Wildman–Crippen LogP) is 3.29. The number of piperazine rings is 1. The van der Waals surface area contributed by atoms with E-state index in [9.17, 15) is 4.79 Å². The largest absolute Gasteiger partial charge is 0.496 e. The Morgan fingerprint density at radius 3 is 2.42 bits per heavy atom. The molecule has 1 heterocycles. The van der Waals surface area contributed by atoms with E-state index in [1.807, 2.05) is 35.2 Å². The number of carbonyl (C=O) groups is 1. The van der Waals surface area contributed by atoms with Gasteiger partial charge in [-0.05, 0) is 51.8 Å². The highest BCUT2D eigenvalue weighted by molar-refractivity contribution is 9.10. The summed E-state index contributed by atoms with van der Waals surface area (Å²) in [5.41, 5.74) is 2.52. The molecule has 0 N–H and O–H groups in total. The van der Waals surface area contributed by atoms with Crippen LogP contribution in [0.3, 0.4) is 0 Å². The molecule has 1 aliphatic rings. The molecule has 5 nitrogen and oxygen atoms in total. The third-order valence-corrected chi connectivity index (χ3v) is 5.17. The van der Waals surface area contributed by atoms with Crippen LogP contribution in [-0.4, -0.2) is 49.0 Å². The number of carbonyl (C=O) groups excluding carboxylic acids is 1. The van der Waals surface area contributed by atoms with Gasteiger partial charge in [0.25, 0.3) is 5.91 Å². The van der Waals surface area contributed by atoms with Gasteiger partial charge in [-0.25, -0.2) is 0 Å². The molecule has 1 fully saturated rings. The Kier molecular flexibility index (Phi) is 5.92. The molecule has 0 unspecified atom stereocenters. The van der Waals surface area contributed by atoms with Crippen LogP contribution in [0, 0.1) is 11.3 Å². The normalized spacial score (nSPS) is 14.7. The fourth-order valence-electron chi connectivity index (χ4n) is 3.03. The summed E-state index contributed by atoms with van der Waals surface area (Å²) in [6.45, 7) is 3.92. The van der Waals surface area contributed by atoms with Crippen LogP contribution in [0.15, 0.2) is 46.9 Å². The molecule has 26 heavy (non-hydrogen) atoms. The summed E-state index contributed by atoms with van der Waals surface area (Å²) >= 11 is 3.43. The van der Waals surface area contributed by atoms with Crippen molar-refractivity contribution in [2.45, 2.75) is 6.54 Å². The molecule has 0 bridgehead atoms. The number of hydrogen-bond acceptors (Lipinski definition) is 4. The predicted molar refractivity (Wildman–Crippen MR) is 103 cm³/mol. The molecular formula is C20H20BrN3O2. The Morgan fingerprint density at radius 1 is 1.15 bits per heavy atom. The first-order valence-corrected chi connectivity index (χ1v) is 9.24. The Balaban J connectivity index is 1.56. The molecule has 0 saturated carbocycles. The zero-order valence-corrected chi connectivity index (χ0v) is 16.2. The molecule has 1 saturated heterocycles. The van der Waals surface area contributed by atoms with E-state index in [0.29, 0.717) is 30.0 Å². The summed E-state index contributed by atoms with van der Waals surface area (Å²) in [4.78, 5) is 16.9. The minimum atomic E-state index is 0.0476. The third-order valence-electron chi connectivity index (χ3n) is 4.55. The SMILES string of the molecule is COc1ccc(C(=O)N2CCN(Cc3ccc(C#N)cc3)CC2)cc1Br. The van der Waals surface area contributed by atoms with Crippen LogP contribution in [0.2, 0.25) is 0 Å². The third kappa shape index (κ3) is 4.24. The minimum Gasteiger partial charge on any atom is -0.496 e. The van der Waals surface area contributed by atoms with Crippen molar-refractivity contribution in [3.8, 4) is 11.8 Å². The van der Waals surface area contributed by atoms with Crippen molar-refractivity contribution in [2.75, 3.05) is 33.3 Å². The lowest BCUT2D eigenvalue weighted by atomic mass is 10.1. The molecule has 2 aromatic rings. The summed E-state index contributed by atoms with van der Waals surface area (Å²) in [5.74, 6) is 0.764. The first-order chi connectivity index (χ1) is 12.6. The van der Waals surface area contributed by atoms with Crippen LogP contribution < -0.4 is 4.74 Å². The van der Waals surface area contributed by atoms with Crippen molar-refractivity contribution in [1.82, 2.24) is 9.80 Å². The maximum Gasteiger partial charge on any atom is 0.253 e. The van der Waals surface area contributed by atoms with Gasteiger partial charge in [-0.2, -0.15) is 5.26 Å².